The van der Waals surface area contributed by atoms with E-state index in [1.165, 1.54) is 28.7 Å². The molecule has 0 amide bonds. The summed E-state index contributed by atoms with van der Waals surface area (Å²) in [6.07, 6.45) is 2.78. The lowest BCUT2D eigenvalue weighted by Gasteiger charge is -2.09. The van der Waals surface area contributed by atoms with Gasteiger partial charge in [0.15, 0.2) is 17.4 Å². The second kappa shape index (κ2) is 12.1. The molecule has 0 atom stereocenters. The molecule has 206 valence electrons. The Hall–Kier alpha value is -4.94. The summed E-state index contributed by atoms with van der Waals surface area (Å²) in [5.41, 5.74) is 4.51. The van der Waals surface area contributed by atoms with Crippen LogP contribution in [0.25, 0.3) is 22.2 Å². The van der Waals surface area contributed by atoms with Gasteiger partial charge in [-0.1, -0.05) is 42.2 Å². The Balaban J connectivity index is 1.23. The minimum atomic E-state index is -1.01. The van der Waals surface area contributed by atoms with Gasteiger partial charge in [-0.15, -0.1) is 0 Å². The third-order valence-corrected chi connectivity index (χ3v) is 6.54. The molecule has 5 aromatic rings. The maximum Gasteiger partial charge on any atom is 0.264 e. The lowest BCUT2D eigenvalue weighted by Crippen LogP contribution is -2.27. The highest BCUT2D eigenvalue weighted by atomic mass is 19.2. The molecule has 7 nitrogen and oxygen atoms in total. The first-order valence-electron chi connectivity index (χ1n) is 13.0. The number of nitrogens with one attached hydrogen (secondary N) is 1. The van der Waals surface area contributed by atoms with Crippen molar-refractivity contribution < 1.29 is 13.6 Å². The van der Waals surface area contributed by atoms with E-state index in [1.54, 1.807) is 0 Å². The van der Waals surface area contributed by atoms with Crippen molar-refractivity contribution in [3.05, 3.63) is 117 Å². The largest absolute Gasteiger partial charge is 0.305 e. The highest BCUT2D eigenvalue weighted by Crippen LogP contribution is 2.27. The number of fused-ring (bicyclic) bond motifs is 1. The number of Topliss-reactive ketones (excluding diaryl/α,β-unsaturated/α-hetero) is 1. The molecule has 2 aromatic heterocycles. The van der Waals surface area contributed by atoms with Crippen molar-refractivity contribution >= 4 is 16.7 Å². The van der Waals surface area contributed by atoms with Crippen LogP contribution in [0, 0.1) is 23.5 Å². The van der Waals surface area contributed by atoms with Gasteiger partial charge in [-0.25, -0.2) is 13.8 Å². The number of hydrogen-bond donors (Lipinski definition) is 1. The van der Waals surface area contributed by atoms with Gasteiger partial charge in [0, 0.05) is 42.1 Å². The number of halogens is 2. The Morgan fingerprint density at radius 2 is 1.78 bits per heavy atom. The van der Waals surface area contributed by atoms with Crippen LogP contribution in [0.3, 0.4) is 0 Å². The number of nitrogens with zero attached hydrogens (tertiary/aromatic N) is 4. The molecule has 0 spiro atoms. The van der Waals surface area contributed by atoms with E-state index in [2.05, 4.69) is 56.2 Å². The molecule has 3 aromatic carbocycles. The second-order valence-corrected chi connectivity index (χ2v) is 9.98. The number of carbonyl (C=O) groups is 1. The zero-order valence-corrected chi connectivity index (χ0v) is 22.6. The molecular weight excluding hydrogens is 524 g/mol. The number of aromatic amines is 1. The van der Waals surface area contributed by atoms with Crippen molar-refractivity contribution in [3.8, 4) is 23.1 Å². The molecule has 0 saturated heterocycles. The smallest absolute Gasteiger partial charge is 0.264 e. The van der Waals surface area contributed by atoms with Gasteiger partial charge in [-0.2, -0.15) is 5.10 Å². The number of carbonyl (C=O) groups excluding carboxylic acids is 1. The molecule has 5 rings (SSSR count). The van der Waals surface area contributed by atoms with Crippen LogP contribution in [-0.4, -0.2) is 44.5 Å². The Kier molecular flexibility index (Phi) is 8.13. The zero-order chi connectivity index (χ0) is 28.9. The third-order valence-electron chi connectivity index (χ3n) is 6.54. The summed E-state index contributed by atoms with van der Waals surface area (Å²) < 4.78 is 27.9. The third kappa shape index (κ3) is 6.45. The van der Waals surface area contributed by atoms with E-state index in [4.69, 9.17) is 0 Å². The normalized spacial score (nSPS) is 11.0. The summed E-state index contributed by atoms with van der Waals surface area (Å²) >= 11 is 0. The van der Waals surface area contributed by atoms with Crippen LogP contribution < -0.4 is 5.56 Å². The lowest BCUT2D eigenvalue weighted by molar-refractivity contribution is 0.0982. The number of rotatable bonds is 8. The Morgan fingerprint density at radius 3 is 2.54 bits per heavy atom. The first-order valence-corrected chi connectivity index (χ1v) is 13.0. The number of hydrogen-bond acceptors (Lipinski definition) is 5. The van der Waals surface area contributed by atoms with Crippen LogP contribution in [0.2, 0.25) is 0 Å². The summed E-state index contributed by atoms with van der Waals surface area (Å²) in [5.74, 6) is 3.70. The fourth-order valence-corrected chi connectivity index (χ4v) is 4.52. The van der Waals surface area contributed by atoms with Gasteiger partial charge in [-0.05, 0) is 55.6 Å². The van der Waals surface area contributed by atoms with E-state index in [0.717, 1.165) is 46.4 Å². The maximum atomic E-state index is 13.5. The van der Waals surface area contributed by atoms with Gasteiger partial charge in [-0.3, -0.25) is 19.3 Å². The molecule has 0 aliphatic carbocycles. The average molecular weight is 552 g/mol. The highest BCUT2D eigenvalue weighted by Gasteiger charge is 2.14. The predicted molar refractivity (Wildman–Crippen MR) is 153 cm³/mol. The summed E-state index contributed by atoms with van der Waals surface area (Å²) in [6.45, 7) is 0.832. The quantitative estimate of drug-likeness (QED) is 0.212. The summed E-state index contributed by atoms with van der Waals surface area (Å²) in [7, 11) is 4.07. The number of benzene rings is 3. The Labute approximate surface area is 235 Å². The average Bonchev–Trinajstić information content (AvgIpc) is 3.37. The van der Waals surface area contributed by atoms with Crippen LogP contribution in [0.15, 0.2) is 78.0 Å². The summed E-state index contributed by atoms with van der Waals surface area (Å²) in [5, 5.41) is 8.56. The Morgan fingerprint density at radius 1 is 1.00 bits per heavy atom. The molecule has 0 radical (unpaired) electrons. The fourth-order valence-electron chi connectivity index (χ4n) is 4.52. The molecule has 0 aliphatic heterocycles. The molecule has 0 aliphatic rings. The van der Waals surface area contributed by atoms with Crippen molar-refractivity contribution in [1.82, 2.24) is 24.6 Å². The van der Waals surface area contributed by atoms with E-state index in [-0.39, 0.29) is 30.7 Å². The monoisotopic (exact) mass is 551 g/mol. The van der Waals surface area contributed by atoms with E-state index in [9.17, 15) is 18.4 Å². The van der Waals surface area contributed by atoms with E-state index in [1.807, 2.05) is 32.3 Å². The molecule has 0 fully saturated rings. The predicted octanol–water partition coefficient (Wildman–Crippen LogP) is 5.19. The van der Waals surface area contributed by atoms with Gasteiger partial charge in [0.2, 0.25) is 0 Å². The minimum Gasteiger partial charge on any atom is -0.305 e. The van der Waals surface area contributed by atoms with Gasteiger partial charge < -0.3 is 4.90 Å². The number of aromatic nitrogens is 4. The van der Waals surface area contributed by atoms with Gasteiger partial charge in [0.05, 0.1) is 24.1 Å². The van der Waals surface area contributed by atoms with E-state index in [0.29, 0.717) is 5.56 Å². The highest BCUT2D eigenvalue weighted by molar-refractivity contribution is 5.95. The first-order chi connectivity index (χ1) is 19.8. The van der Waals surface area contributed by atoms with Crippen molar-refractivity contribution in [2.75, 3.05) is 14.1 Å². The SMILES string of the molecule is CN(C)Cc1ccc(-c2n[nH]c3cc(C#CCCC(=O)c4cncn(Cc5ccc(F)c(F)c5)c4=O)ccc23)cc1. The molecule has 0 unspecified atom stereocenters. The maximum absolute atomic E-state index is 13.5. The summed E-state index contributed by atoms with van der Waals surface area (Å²) in [6, 6.07) is 17.5. The standard InChI is InChI=1S/C32H27F2N5O2/c1-38(2)18-22-7-11-24(12-8-22)31-25-13-9-21(16-29(25)36-37-31)5-3-4-6-30(40)26-17-35-20-39(32(26)41)19-23-10-14-27(33)28(34)15-23/h7-17,20H,4,6,18-19H2,1-2H3,(H,36,37). The second-order valence-electron chi connectivity index (χ2n) is 9.98. The minimum absolute atomic E-state index is 0.0382. The van der Waals surface area contributed by atoms with E-state index >= 15 is 0 Å². The van der Waals surface area contributed by atoms with Crippen LogP contribution in [0.1, 0.15) is 39.9 Å². The number of ketones is 1. The van der Waals surface area contributed by atoms with Crippen molar-refractivity contribution in [2.24, 2.45) is 0 Å². The van der Waals surface area contributed by atoms with E-state index < -0.39 is 17.2 Å². The topological polar surface area (TPSA) is 83.9 Å². The summed E-state index contributed by atoms with van der Waals surface area (Å²) in [4.78, 5) is 31.6. The number of H-pyrrole nitrogens is 1. The lowest BCUT2D eigenvalue weighted by atomic mass is 10.0. The van der Waals surface area contributed by atoms with Crippen molar-refractivity contribution in [2.45, 2.75) is 25.9 Å². The van der Waals surface area contributed by atoms with Crippen LogP contribution in [0.4, 0.5) is 8.78 Å². The van der Waals surface area contributed by atoms with Crippen molar-refractivity contribution in [1.29, 1.82) is 0 Å². The molecule has 0 saturated carbocycles. The van der Waals surface area contributed by atoms with Gasteiger partial charge >= 0.3 is 0 Å². The van der Waals surface area contributed by atoms with Crippen LogP contribution in [-0.2, 0) is 13.1 Å². The van der Waals surface area contributed by atoms with Crippen molar-refractivity contribution in [3.63, 3.8) is 0 Å². The molecule has 41 heavy (non-hydrogen) atoms. The van der Waals surface area contributed by atoms with Gasteiger partial charge in [0.1, 0.15) is 5.56 Å². The molecule has 2 heterocycles. The molecule has 0 bridgehead atoms. The zero-order valence-electron chi connectivity index (χ0n) is 22.6. The fraction of sp³-hybridized carbons (Fsp3) is 0.188. The molecule has 1 N–H and O–H groups in total. The molecule has 9 heteroatoms. The van der Waals surface area contributed by atoms with Crippen LogP contribution >= 0.6 is 0 Å². The van der Waals surface area contributed by atoms with Crippen LogP contribution in [0.5, 0.6) is 0 Å². The first kappa shape index (κ1) is 27.6. The Bertz CT molecular complexity index is 1850. The van der Waals surface area contributed by atoms with Gasteiger partial charge in [0.25, 0.3) is 5.56 Å². The molecular formula is C32H27F2N5O2.